The van der Waals surface area contributed by atoms with E-state index in [2.05, 4.69) is 22.2 Å². The van der Waals surface area contributed by atoms with Gasteiger partial charge in [0.2, 0.25) is 0 Å². The van der Waals surface area contributed by atoms with Gasteiger partial charge in [0, 0.05) is 24.5 Å². The lowest BCUT2D eigenvalue weighted by atomic mass is 9.94. The normalized spacial score (nSPS) is 16.1. The molecule has 0 unspecified atom stereocenters. The highest BCUT2D eigenvalue weighted by Crippen LogP contribution is 2.21. The summed E-state index contributed by atoms with van der Waals surface area (Å²) in [5, 5.41) is 2.97. The Kier molecular flexibility index (Phi) is 6.18. The van der Waals surface area contributed by atoms with Crippen LogP contribution in [0, 0.1) is 6.92 Å². The summed E-state index contributed by atoms with van der Waals surface area (Å²) in [6.45, 7) is 3.70. The summed E-state index contributed by atoms with van der Waals surface area (Å²) in [6, 6.07) is 4.44. The number of hydrogen-bond donors (Lipinski definition) is 1. The summed E-state index contributed by atoms with van der Waals surface area (Å²) >= 11 is 0. The van der Waals surface area contributed by atoms with Crippen LogP contribution in [0.2, 0.25) is 0 Å². The maximum atomic E-state index is 11.9. The number of aryl methyl sites for hydroxylation is 1. The van der Waals surface area contributed by atoms with Crippen molar-refractivity contribution in [1.29, 1.82) is 0 Å². The fraction of sp³-hybridized carbons (Fsp3) is 0.647. The number of amides is 1. The van der Waals surface area contributed by atoms with E-state index in [1.54, 1.807) is 6.20 Å². The zero-order valence-corrected chi connectivity index (χ0v) is 13.3. The molecule has 1 aromatic rings. The zero-order chi connectivity index (χ0) is 15.1. The molecule has 1 N–H and O–H groups in total. The number of aromatic nitrogens is 1. The fourth-order valence-electron chi connectivity index (χ4n) is 2.94. The quantitative estimate of drug-likeness (QED) is 0.819. The van der Waals surface area contributed by atoms with Crippen molar-refractivity contribution in [3.05, 3.63) is 29.6 Å². The summed E-state index contributed by atoms with van der Waals surface area (Å²) in [7, 11) is 2.21. The van der Waals surface area contributed by atoms with Crippen molar-refractivity contribution in [2.24, 2.45) is 0 Å². The molecule has 4 nitrogen and oxygen atoms in total. The van der Waals surface area contributed by atoms with E-state index in [1.165, 1.54) is 32.1 Å². The van der Waals surface area contributed by atoms with Gasteiger partial charge in [-0.25, -0.2) is 0 Å². The van der Waals surface area contributed by atoms with Crippen molar-refractivity contribution in [3.8, 4) is 0 Å². The second kappa shape index (κ2) is 8.13. The second-order valence-corrected chi connectivity index (χ2v) is 6.07. The minimum absolute atomic E-state index is 0.0252. The Hall–Kier alpha value is -1.42. The van der Waals surface area contributed by atoms with E-state index >= 15 is 0 Å². The lowest BCUT2D eigenvalue weighted by Crippen LogP contribution is -2.35. The Labute approximate surface area is 127 Å². The van der Waals surface area contributed by atoms with Gasteiger partial charge in [-0.05, 0) is 51.9 Å². The maximum Gasteiger partial charge on any atom is 0.252 e. The molecule has 0 aromatic carbocycles. The molecule has 1 aliphatic rings. The van der Waals surface area contributed by atoms with Crippen LogP contribution in [0.15, 0.2) is 18.3 Å². The SMILES string of the molecule is Cc1ccc(C(=O)NCCCN(C)C2CCCCC2)cn1. The van der Waals surface area contributed by atoms with E-state index in [4.69, 9.17) is 0 Å². The van der Waals surface area contributed by atoms with Crippen LogP contribution in [0.4, 0.5) is 0 Å². The predicted octanol–water partition coefficient (Wildman–Crippen LogP) is 2.77. The molecule has 0 radical (unpaired) electrons. The lowest BCUT2D eigenvalue weighted by Gasteiger charge is -2.31. The molecule has 21 heavy (non-hydrogen) atoms. The molecule has 1 heterocycles. The monoisotopic (exact) mass is 289 g/mol. The summed E-state index contributed by atoms with van der Waals surface area (Å²) in [5.41, 5.74) is 1.57. The average Bonchev–Trinajstić information content (AvgIpc) is 2.52. The standard InChI is InChI=1S/C17H27N3O/c1-14-9-10-15(13-19-14)17(21)18-11-6-12-20(2)16-7-4-3-5-8-16/h9-10,13,16H,3-8,11-12H2,1-2H3,(H,18,21). The van der Waals surface area contributed by atoms with Gasteiger partial charge in [0.25, 0.3) is 5.91 Å². The molecule has 2 rings (SSSR count). The Morgan fingerprint density at radius 1 is 1.33 bits per heavy atom. The topological polar surface area (TPSA) is 45.2 Å². The first kappa shape index (κ1) is 16.0. The number of rotatable bonds is 6. The molecule has 0 saturated heterocycles. The van der Waals surface area contributed by atoms with Gasteiger partial charge in [0.05, 0.1) is 5.56 Å². The minimum Gasteiger partial charge on any atom is -0.352 e. The third kappa shape index (κ3) is 5.12. The highest BCUT2D eigenvalue weighted by molar-refractivity contribution is 5.93. The van der Waals surface area contributed by atoms with Crippen LogP contribution in [0.5, 0.6) is 0 Å². The van der Waals surface area contributed by atoms with Crippen molar-refractivity contribution < 1.29 is 4.79 Å². The van der Waals surface area contributed by atoms with Crippen LogP contribution in [-0.2, 0) is 0 Å². The summed E-state index contributed by atoms with van der Waals surface area (Å²) in [6.07, 6.45) is 9.43. The molecule has 0 aliphatic heterocycles. The van der Waals surface area contributed by atoms with Gasteiger partial charge in [-0.15, -0.1) is 0 Å². The van der Waals surface area contributed by atoms with Crippen LogP contribution in [-0.4, -0.2) is 42.0 Å². The van der Waals surface area contributed by atoms with Gasteiger partial charge >= 0.3 is 0 Å². The molecule has 1 fully saturated rings. The van der Waals surface area contributed by atoms with Crippen LogP contribution < -0.4 is 5.32 Å². The second-order valence-electron chi connectivity index (χ2n) is 6.07. The summed E-state index contributed by atoms with van der Waals surface area (Å²) < 4.78 is 0. The van der Waals surface area contributed by atoms with E-state index in [1.807, 2.05) is 19.1 Å². The number of nitrogens with one attached hydrogen (secondary N) is 1. The summed E-state index contributed by atoms with van der Waals surface area (Å²) in [5.74, 6) is -0.0252. The first-order valence-corrected chi connectivity index (χ1v) is 8.08. The van der Waals surface area contributed by atoms with Crippen LogP contribution in [0.25, 0.3) is 0 Å². The Bertz CT molecular complexity index is 438. The van der Waals surface area contributed by atoms with Crippen LogP contribution in [0.1, 0.15) is 54.6 Å². The molecule has 1 amide bonds. The Balaban J connectivity index is 1.64. The molecular weight excluding hydrogens is 262 g/mol. The van der Waals surface area contributed by atoms with Gasteiger partial charge < -0.3 is 10.2 Å². The number of carbonyl (C=O) groups is 1. The fourth-order valence-corrected chi connectivity index (χ4v) is 2.94. The highest BCUT2D eigenvalue weighted by Gasteiger charge is 2.17. The van der Waals surface area contributed by atoms with Crippen molar-refractivity contribution in [2.75, 3.05) is 20.1 Å². The van der Waals surface area contributed by atoms with E-state index in [0.717, 1.165) is 31.2 Å². The first-order chi connectivity index (χ1) is 10.2. The Morgan fingerprint density at radius 3 is 2.76 bits per heavy atom. The average molecular weight is 289 g/mol. The van der Waals surface area contributed by atoms with Crippen molar-refractivity contribution in [3.63, 3.8) is 0 Å². The van der Waals surface area contributed by atoms with Gasteiger partial charge in [0.1, 0.15) is 0 Å². The van der Waals surface area contributed by atoms with E-state index in [0.29, 0.717) is 5.56 Å². The van der Waals surface area contributed by atoms with Crippen molar-refractivity contribution >= 4 is 5.91 Å². The van der Waals surface area contributed by atoms with Crippen molar-refractivity contribution in [2.45, 2.75) is 51.5 Å². The summed E-state index contributed by atoms with van der Waals surface area (Å²) in [4.78, 5) is 18.5. The van der Waals surface area contributed by atoms with Crippen molar-refractivity contribution in [1.82, 2.24) is 15.2 Å². The number of hydrogen-bond acceptors (Lipinski definition) is 3. The third-order valence-electron chi connectivity index (χ3n) is 4.34. The maximum absolute atomic E-state index is 11.9. The Morgan fingerprint density at radius 2 is 2.10 bits per heavy atom. The highest BCUT2D eigenvalue weighted by atomic mass is 16.1. The van der Waals surface area contributed by atoms with Gasteiger partial charge in [-0.1, -0.05) is 19.3 Å². The smallest absolute Gasteiger partial charge is 0.252 e. The zero-order valence-electron chi connectivity index (χ0n) is 13.3. The van der Waals surface area contributed by atoms with Gasteiger partial charge in [0.15, 0.2) is 0 Å². The number of carbonyl (C=O) groups excluding carboxylic acids is 1. The number of nitrogens with zero attached hydrogens (tertiary/aromatic N) is 2. The molecule has 0 bridgehead atoms. The lowest BCUT2D eigenvalue weighted by molar-refractivity contribution is 0.0950. The molecule has 1 aromatic heterocycles. The van der Waals surface area contributed by atoms with E-state index < -0.39 is 0 Å². The minimum atomic E-state index is -0.0252. The van der Waals surface area contributed by atoms with E-state index in [-0.39, 0.29) is 5.91 Å². The molecule has 1 aliphatic carbocycles. The number of pyridine rings is 1. The first-order valence-electron chi connectivity index (χ1n) is 8.08. The van der Waals surface area contributed by atoms with E-state index in [9.17, 15) is 4.79 Å². The molecular formula is C17H27N3O. The van der Waals surface area contributed by atoms with Crippen LogP contribution >= 0.6 is 0 Å². The molecule has 0 spiro atoms. The largest absolute Gasteiger partial charge is 0.352 e. The van der Waals surface area contributed by atoms with Gasteiger partial charge in [-0.2, -0.15) is 0 Å². The molecule has 1 saturated carbocycles. The third-order valence-corrected chi connectivity index (χ3v) is 4.34. The predicted molar refractivity (Wildman–Crippen MR) is 85.4 cm³/mol. The van der Waals surface area contributed by atoms with Gasteiger partial charge in [-0.3, -0.25) is 9.78 Å². The molecule has 0 atom stereocenters. The van der Waals surface area contributed by atoms with Crippen LogP contribution in [0.3, 0.4) is 0 Å². The molecule has 4 heteroatoms. The molecule has 116 valence electrons.